The standard InChI is InChI=1S/C14H30N2/c1-7-12(8-2)16-10-11(3)15-9-13(16)14(4,5)6/h11-13,15H,7-10H2,1-6H3. The second-order valence-electron chi connectivity index (χ2n) is 6.36. The van der Waals surface area contributed by atoms with Gasteiger partial charge in [0.15, 0.2) is 0 Å². The van der Waals surface area contributed by atoms with Gasteiger partial charge in [-0.25, -0.2) is 0 Å². The maximum atomic E-state index is 3.63. The van der Waals surface area contributed by atoms with Crippen LogP contribution in [0, 0.1) is 5.41 Å². The monoisotopic (exact) mass is 226 g/mol. The first-order chi connectivity index (χ1) is 7.40. The van der Waals surface area contributed by atoms with Crippen LogP contribution in [0.2, 0.25) is 0 Å². The minimum absolute atomic E-state index is 0.371. The van der Waals surface area contributed by atoms with E-state index < -0.39 is 0 Å². The zero-order valence-corrected chi connectivity index (χ0v) is 12.0. The van der Waals surface area contributed by atoms with Crippen LogP contribution in [0.5, 0.6) is 0 Å². The summed E-state index contributed by atoms with van der Waals surface area (Å²) in [7, 11) is 0. The normalized spacial score (nSPS) is 28.7. The van der Waals surface area contributed by atoms with Gasteiger partial charge in [0, 0.05) is 31.2 Å². The third kappa shape index (κ3) is 3.21. The molecule has 0 bridgehead atoms. The molecule has 0 radical (unpaired) electrons. The predicted octanol–water partition coefficient (Wildman–Crippen LogP) is 2.88. The van der Waals surface area contributed by atoms with Crippen molar-refractivity contribution >= 4 is 0 Å². The number of piperazine rings is 1. The molecule has 1 saturated heterocycles. The molecule has 2 heteroatoms. The average Bonchev–Trinajstić information content (AvgIpc) is 2.17. The van der Waals surface area contributed by atoms with Crippen molar-refractivity contribution in [3.05, 3.63) is 0 Å². The molecule has 0 aromatic rings. The fraction of sp³-hybridized carbons (Fsp3) is 1.00. The third-order valence-electron chi connectivity index (χ3n) is 3.96. The van der Waals surface area contributed by atoms with Gasteiger partial charge in [-0.3, -0.25) is 4.90 Å². The van der Waals surface area contributed by atoms with Crippen LogP contribution in [0.15, 0.2) is 0 Å². The Kier molecular flexibility index (Phi) is 4.81. The average molecular weight is 226 g/mol. The van der Waals surface area contributed by atoms with Crippen molar-refractivity contribution < 1.29 is 0 Å². The Hall–Kier alpha value is -0.0800. The van der Waals surface area contributed by atoms with Crippen LogP contribution in [0.3, 0.4) is 0 Å². The lowest BCUT2D eigenvalue weighted by atomic mass is 9.82. The fourth-order valence-corrected chi connectivity index (χ4v) is 2.90. The molecule has 1 rings (SSSR count). The number of hydrogen-bond acceptors (Lipinski definition) is 2. The predicted molar refractivity (Wildman–Crippen MR) is 71.8 cm³/mol. The quantitative estimate of drug-likeness (QED) is 0.796. The molecule has 0 aromatic heterocycles. The summed E-state index contributed by atoms with van der Waals surface area (Å²) in [6.07, 6.45) is 2.55. The highest BCUT2D eigenvalue weighted by Crippen LogP contribution is 2.29. The molecular weight excluding hydrogens is 196 g/mol. The van der Waals surface area contributed by atoms with Gasteiger partial charge < -0.3 is 5.32 Å². The minimum Gasteiger partial charge on any atom is -0.311 e. The van der Waals surface area contributed by atoms with Crippen LogP contribution in [-0.2, 0) is 0 Å². The van der Waals surface area contributed by atoms with E-state index in [-0.39, 0.29) is 0 Å². The molecule has 1 aliphatic rings. The molecule has 0 spiro atoms. The first-order valence-corrected chi connectivity index (χ1v) is 6.89. The van der Waals surface area contributed by atoms with Gasteiger partial charge in [-0.2, -0.15) is 0 Å². The van der Waals surface area contributed by atoms with Crippen LogP contribution in [0.4, 0.5) is 0 Å². The molecule has 0 aromatic carbocycles. The molecular formula is C14H30N2. The largest absolute Gasteiger partial charge is 0.311 e. The van der Waals surface area contributed by atoms with Gasteiger partial charge in [-0.05, 0) is 25.2 Å². The molecule has 1 N–H and O–H groups in total. The second-order valence-corrected chi connectivity index (χ2v) is 6.36. The second kappa shape index (κ2) is 5.50. The third-order valence-corrected chi connectivity index (χ3v) is 3.96. The Labute approximate surface area is 102 Å². The number of nitrogens with one attached hydrogen (secondary N) is 1. The Bertz CT molecular complexity index is 203. The molecule has 2 nitrogen and oxygen atoms in total. The van der Waals surface area contributed by atoms with Gasteiger partial charge in [0.25, 0.3) is 0 Å². The van der Waals surface area contributed by atoms with E-state index >= 15 is 0 Å². The van der Waals surface area contributed by atoms with E-state index in [0.29, 0.717) is 17.5 Å². The minimum atomic E-state index is 0.371. The van der Waals surface area contributed by atoms with E-state index in [9.17, 15) is 0 Å². The summed E-state index contributed by atoms with van der Waals surface area (Å²) in [6, 6.07) is 2.07. The first-order valence-electron chi connectivity index (χ1n) is 6.89. The highest BCUT2D eigenvalue weighted by atomic mass is 15.3. The summed E-state index contributed by atoms with van der Waals surface area (Å²) in [5, 5.41) is 3.63. The van der Waals surface area contributed by atoms with Crippen LogP contribution in [0.1, 0.15) is 54.4 Å². The lowest BCUT2D eigenvalue weighted by Gasteiger charge is -2.49. The lowest BCUT2D eigenvalue weighted by Crippen LogP contribution is -2.62. The molecule has 0 saturated carbocycles. The Morgan fingerprint density at radius 3 is 2.25 bits per heavy atom. The summed E-state index contributed by atoms with van der Waals surface area (Å²) in [4.78, 5) is 2.75. The van der Waals surface area contributed by atoms with Crippen molar-refractivity contribution in [2.45, 2.75) is 72.5 Å². The summed E-state index contributed by atoms with van der Waals surface area (Å²) < 4.78 is 0. The Balaban J connectivity index is 2.80. The summed E-state index contributed by atoms with van der Waals surface area (Å²) in [6.45, 7) is 16.4. The Morgan fingerprint density at radius 2 is 1.81 bits per heavy atom. The summed E-state index contributed by atoms with van der Waals surface area (Å²) >= 11 is 0. The van der Waals surface area contributed by atoms with Gasteiger partial charge >= 0.3 is 0 Å². The van der Waals surface area contributed by atoms with Crippen molar-refractivity contribution in [1.82, 2.24) is 10.2 Å². The smallest absolute Gasteiger partial charge is 0.0272 e. The van der Waals surface area contributed by atoms with E-state index in [2.05, 4.69) is 51.8 Å². The van der Waals surface area contributed by atoms with Crippen molar-refractivity contribution in [3.63, 3.8) is 0 Å². The van der Waals surface area contributed by atoms with Crippen molar-refractivity contribution in [3.8, 4) is 0 Å². The highest BCUT2D eigenvalue weighted by molar-refractivity contribution is 4.93. The zero-order chi connectivity index (χ0) is 12.3. The first kappa shape index (κ1) is 14.0. The van der Waals surface area contributed by atoms with Crippen LogP contribution in [0.25, 0.3) is 0 Å². The summed E-state index contributed by atoms with van der Waals surface area (Å²) in [5.74, 6) is 0. The molecule has 96 valence electrons. The number of rotatable bonds is 3. The molecule has 0 amide bonds. The maximum Gasteiger partial charge on any atom is 0.0272 e. The van der Waals surface area contributed by atoms with Gasteiger partial charge in [-0.15, -0.1) is 0 Å². The molecule has 1 fully saturated rings. The number of hydrogen-bond donors (Lipinski definition) is 1. The maximum absolute atomic E-state index is 3.63. The van der Waals surface area contributed by atoms with Gasteiger partial charge in [0.2, 0.25) is 0 Å². The molecule has 2 atom stereocenters. The van der Waals surface area contributed by atoms with Crippen molar-refractivity contribution in [1.29, 1.82) is 0 Å². The molecule has 2 unspecified atom stereocenters. The zero-order valence-electron chi connectivity index (χ0n) is 12.0. The summed E-state index contributed by atoms with van der Waals surface area (Å²) in [5.41, 5.74) is 0.371. The van der Waals surface area contributed by atoms with Crippen molar-refractivity contribution in [2.24, 2.45) is 5.41 Å². The molecule has 1 heterocycles. The van der Waals surface area contributed by atoms with Crippen molar-refractivity contribution in [2.75, 3.05) is 13.1 Å². The lowest BCUT2D eigenvalue weighted by molar-refractivity contribution is 0.0204. The number of nitrogens with zero attached hydrogens (tertiary/aromatic N) is 1. The van der Waals surface area contributed by atoms with E-state index in [1.54, 1.807) is 0 Å². The SMILES string of the molecule is CCC(CC)N1CC(C)NCC1C(C)(C)C. The van der Waals surface area contributed by atoms with Gasteiger partial charge in [0.1, 0.15) is 0 Å². The van der Waals surface area contributed by atoms with E-state index in [1.807, 2.05) is 0 Å². The van der Waals surface area contributed by atoms with Gasteiger partial charge in [-0.1, -0.05) is 34.6 Å². The van der Waals surface area contributed by atoms with Crippen LogP contribution < -0.4 is 5.32 Å². The van der Waals surface area contributed by atoms with E-state index in [0.717, 1.165) is 12.6 Å². The highest BCUT2D eigenvalue weighted by Gasteiger charge is 2.36. The van der Waals surface area contributed by atoms with Crippen LogP contribution in [-0.4, -0.2) is 36.1 Å². The topological polar surface area (TPSA) is 15.3 Å². The molecule has 0 aliphatic carbocycles. The fourth-order valence-electron chi connectivity index (χ4n) is 2.90. The van der Waals surface area contributed by atoms with Gasteiger partial charge in [0.05, 0.1) is 0 Å². The van der Waals surface area contributed by atoms with E-state index in [1.165, 1.54) is 19.4 Å². The molecule has 1 aliphatic heterocycles. The van der Waals surface area contributed by atoms with E-state index in [4.69, 9.17) is 0 Å². The van der Waals surface area contributed by atoms with Crippen LogP contribution >= 0.6 is 0 Å². The molecule has 16 heavy (non-hydrogen) atoms. The Morgan fingerprint density at radius 1 is 1.25 bits per heavy atom.